The molecule has 5 nitrogen and oxygen atoms in total. The topological polar surface area (TPSA) is 70.6 Å². The number of carbonyl (C=O) groups is 1. The Balaban J connectivity index is 2.28. The smallest absolute Gasteiger partial charge is 0.231 e. The van der Waals surface area contributed by atoms with Crippen LogP contribution in [0.4, 0.5) is 4.79 Å². The van der Waals surface area contributed by atoms with Crippen molar-refractivity contribution in [1.82, 2.24) is 5.32 Å². The van der Waals surface area contributed by atoms with Gasteiger partial charge in [0, 0.05) is 11.1 Å². The van der Waals surface area contributed by atoms with Crippen LogP contribution in [-0.4, -0.2) is 18.4 Å². The number of hydrogen-bond donors (Lipinski definition) is 1. The molecular weight excluding hydrogens is 246 g/mol. The van der Waals surface area contributed by atoms with E-state index >= 15 is 0 Å². The fraction of sp³-hybridized carbons (Fsp3) is 0.500. The molecule has 0 radical (unpaired) electrons. The van der Waals surface area contributed by atoms with Crippen LogP contribution in [-0.2, 0) is 12.8 Å². The largest absolute Gasteiger partial charge is 0.530 e. The summed E-state index contributed by atoms with van der Waals surface area (Å²) in [7, 11) is 0. The van der Waals surface area contributed by atoms with Gasteiger partial charge in [0.05, 0.1) is 0 Å². The van der Waals surface area contributed by atoms with Gasteiger partial charge >= 0.3 is 0 Å². The van der Waals surface area contributed by atoms with Crippen molar-refractivity contribution in [2.24, 2.45) is 0 Å². The third-order valence-electron chi connectivity index (χ3n) is 3.17. The number of carbonyl (C=O) groups excluding carboxylic acids is 1. The van der Waals surface area contributed by atoms with E-state index < -0.39 is 11.6 Å². The summed E-state index contributed by atoms with van der Waals surface area (Å²) in [6, 6.07) is 3.83. The fourth-order valence-electron chi connectivity index (χ4n) is 2.42. The van der Waals surface area contributed by atoms with Gasteiger partial charge in [-0.25, -0.2) is 0 Å². The van der Waals surface area contributed by atoms with Crippen LogP contribution in [0.5, 0.6) is 11.5 Å². The van der Waals surface area contributed by atoms with E-state index in [9.17, 15) is 9.90 Å². The van der Waals surface area contributed by atoms with E-state index in [1.807, 2.05) is 32.9 Å². The standard InChI is InChI=1S/C14H19NO4/c1-4-10-9(7-14(2,3)15-13(16)17)5-6-11-12(10)19-8-18-11/h5-6,15H,4,7-8H2,1-3H3,(H,16,17)/p-1. The van der Waals surface area contributed by atoms with Gasteiger partial charge in [-0.3, -0.25) is 0 Å². The highest BCUT2D eigenvalue weighted by atomic mass is 16.7. The van der Waals surface area contributed by atoms with Crippen molar-refractivity contribution in [3.05, 3.63) is 23.3 Å². The van der Waals surface area contributed by atoms with E-state index in [4.69, 9.17) is 9.47 Å². The summed E-state index contributed by atoms with van der Waals surface area (Å²) in [4.78, 5) is 10.7. The first-order chi connectivity index (χ1) is 8.93. The molecule has 0 saturated carbocycles. The second kappa shape index (κ2) is 4.99. The van der Waals surface area contributed by atoms with E-state index in [1.54, 1.807) is 0 Å². The van der Waals surface area contributed by atoms with E-state index in [-0.39, 0.29) is 6.79 Å². The van der Waals surface area contributed by atoms with E-state index in [1.165, 1.54) is 0 Å². The van der Waals surface area contributed by atoms with Crippen LogP contribution in [0.15, 0.2) is 12.1 Å². The zero-order valence-electron chi connectivity index (χ0n) is 11.4. The Morgan fingerprint density at radius 2 is 2.16 bits per heavy atom. The van der Waals surface area contributed by atoms with Gasteiger partial charge in [-0.05, 0) is 38.3 Å². The monoisotopic (exact) mass is 264 g/mol. The SMILES string of the molecule is CCc1c(CC(C)(C)NC(=O)[O-])ccc2c1OCO2. The second-order valence-corrected chi connectivity index (χ2v) is 5.26. The summed E-state index contributed by atoms with van der Waals surface area (Å²) in [5.74, 6) is 1.54. The minimum absolute atomic E-state index is 0.243. The van der Waals surface area contributed by atoms with Gasteiger partial charge in [-0.1, -0.05) is 13.0 Å². The average Bonchev–Trinajstić information content (AvgIpc) is 2.74. The number of nitrogens with one attached hydrogen (secondary N) is 1. The zero-order valence-corrected chi connectivity index (χ0v) is 11.4. The van der Waals surface area contributed by atoms with Gasteiger partial charge in [-0.15, -0.1) is 0 Å². The first kappa shape index (κ1) is 13.5. The van der Waals surface area contributed by atoms with Crippen molar-refractivity contribution in [1.29, 1.82) is 0 Å². The van der Waals surface area contributed by atoms with Crippen LogP contribution in [0, 0.1) is 0 Å². The van der Waals surface area contributed by atoms with Crippen LogP contribution >= 0.6 is 0 Å². The van der Waals surface area contributed by atoms with Crippen LogP contribution in [0.2, 0.25) is 0 Å². The Kier molecular flexibility index (Phi) is 3.55. The zero-order chi connectivity index (χ0) is 14.0. The number of ether oxygens (including phenoxy) is 2. The minimum Gasteiger partial charge on any atom is -0.530 e. The fourth-order valence-corrected chi connectivity index (χ4v) is 2.42. The molecule has 0 saturated heterocycles. The Morgan fingerprint density at radius 1 is 1.42 bits per heavy atom. The molecule has 1 aliphatic rings. The first-order valence-corrected chi connectivity index (χ1v) is 6.32. The summed E-state index contributed by atoms with van der Waals surface area (Å²) in [6.45, 7) is 5.94. The maximum atomic E-state index is 10.7. The quantitative estimate of drug-likeness (QED) is 0.888. The molecule has 1 aromatic carbocycles. The number of rotatable bonds is 4. The van der Waals surface area contributed by atoms with Gasteiger partial charge < -0.3 is 24.7 Å². The summed E-state index contributed by atoms with van der Waals surface area (Å²) >= 11 is 0. The maximum Gasteiger partial charge on any atom is 0.231 e. The molecular formula is C14H18NO4-. The molecule has 0 unspecified atom stereocenters. The minimum atomic E-state index is -1.26. The Bertz CT molecular complexity index is 496. The highest BCUT2D eigenvalue weighted by Gasteiger charge is 2.24. The summed E-state index contributed by atoms with van der Waals surface area (Å²) < 4.78 is 10.8. The van der Waals surface area contributed by atoms with Crippen LogP contribution in [0.3, 0.4) is 0 Å². The molecule has 1 heterocycles. The van der Waals surface area contributed by atoms with E-state index in [2.05, 4.69) is 5.32 Å². The lowest BCUT2D eigenvalue weighted by Gasteiger charge is -2.29. The number of fused-ring (bicyclic) bond motifs is 1. The van der Waals surface area contributed by atoms with E-state index in [0.29, 0.717) is 6.42 Å². The number of amides is 1. The van der Waals surface area contributed by atoms with E-state index in [0.717, 1.165) is 29.0 Å². The molecule has 0 aliphatic carbocycles. The molecule has 1 amide bonds. The Labute approximate surface area is 112 Å². The first-order valence-electron chi connectivity index (χ1n) is 6.32. The molecule has 1 N–H and O–H groups in total. The third kappa shape index (κ3) is 2.92. The van der Waals surface area contributed by atoms with Crippen molar-refractivity contribution < 1.29 is 19.4 Å². The average molecular weight is 264 g/mol. The molecule has 1 aromatic rings. The molecule has 0 bridgehead atoms. The lowest BCUT2D eigenvalue weighted by Crippen LogP contribution is -2.50. The highest BCUT2D eigenvalue weighted by molar-refractivity contribution is 5.63. The van der Waals surface area contributed by atoms with Gasteiger partial charge in [-0.2, -0.15) is 0 Å². The Hall–Kier alpha value is -1.91. The molecule has 1 aliphatic heterocycles. The summed E-state index contributed by atoms with van der Waals surface area (Å²) in [5, 5.41) is 13.1. The van der Waals surface area contributed by atoms with Crippen molar-refractivity contribution in [3.63, 3.8) is 0 Å². The lowest BCUT2D eigenvalue weighted by molar-refractivity contribution is -0.252. The molecule has 0 atom stereocenters. The van der Waals surface area contributed by atoms with Gasteiger partial charge in [0.25, 0.3) is 0 Å². The van der Waals surface area contributed by atoms with Crippen LogP contribution in [0.1, 0.15) is 31.9 Å². The predicted molar refractivity (Wildman–Crippen MR) is 68.3 cm³/mol. The normalized spacial score (nSPS) is 13.4. The van der Waals surface area contributed by atoms with Crippen molar-refractivity contribution in [2.45, 2.75) is 39.2 Å². The molecule has 0 aromatic heterocycles. The molecule has 104 valence electrons. The highest BCUT2D eigenvalue weighted by Crippen LogP contribution is 2.38. The summed E-state index contributed by atoms with van der Waals surface area (Å²) in [5.41, 5.74) is 1.55. The van der Waals surface area contributed by atoms with Crippen LogP contribution < -0.4 is 19.9 Å². The predicted octanol–water partition coefficient (Wildman–Crippen LogP) is 1.23. The molecule has 0 spiro atoms. The van der Waals surface area contributed by atoms with Crippen molar-refractivity contribution >= 4 is 6.09 Å². The van der Waals surface area contributed by atoms with Gasteiger partial charge in [0.2, 0.25) is 6.79 Å². The maximum absolute atomic E-state index is 10.7. The number of benzene rings is 1. The third-order valence-corrected chi connectivity index (χ3v) is 3.17. The second-order valence-electron chi connectivity index (χ2n) is 5.26. The summed E-state index contributed by atoms with van der Waals surface area (Å²) in [6.07, 6.45) is 0.119. The van der Waals surface area contributed by atoms with Gasteiger partial charge in [0.1, 0.15) is 6.09 Å². The molecule has 2 rings (SSSR count). The lowest BCUT2D eigenvalue weighted by atomic mass is 9.90. The Morgan fingerprint density at radius 3 is 2.79 bits per heavy atom. The molecule has 5 heteroatoms. The van der Waals surface area contributed by atoms with Crippen molar-refractivity contribution in [2.75, 3.05) is 6.79 Å². The van der Waals surface area contributed by atoms with Crippen molar-refractivity contribution in [3.8, 4) is 11.5 Å². The molecule has 19 heavy (non-hydrogen) atoms. The molecule has 0 fully saturated rings. The van der Waals surface area contributed by atoms with Crippen LogP contribution in [0.25, 0.3) is 0 Å². The number of carboxylic acid groups (broad SMARTS) is 1. The van der Waals surface area contributed by atoms with Gasteiger partial charge in [0.15, 0.2) is 11.5 Å². The number of hydrogen-bond acceptors (Lipinski definition) is 4.